The molecule has 1 amide bonds. The molecule has 136 valence electrons. The molecule has 0 fully saturated rings. The molecule has 0 atom stereocenters. The van der Waals surface area contributed by atoms with E-state index in [9.17, 15) is 9.59 Å². The molecule has 0 aliphatic carbocycles. The van der Waals surface area contributed by atoms with E-state index < -0.39 is 5.97 Å². The highest BCUT2D eigenvalue weighted by Gasteiger charge is 2.18. The maximum Gasteiger partial charge on any atom is 0.350 e. The van der Waals surface area contributed by atoms with E-state index in [2.05, 4.69) is 10.1 Å². The number of anilines is 1. The van der Waals surface area contributed by atoms with E-state index in [0.29, 0.717) is 41.0 Å². The van der Waals surface area contributed by atoms with E-state index in [1.807, 2.05) is 0 Å². The molecule has 1 aliphatic rings. The van der Waals surface area contributed by atoms with Gasteiger partial charge in [0.05, 0.1) is 19.9 Å². The minimum absolute atomic E-state index is 0.343. The average Bonchev–Trinajstić information content (AvgIpc) is 3.13. The van der Waals surface area contributed by atoms with Crippen LogP contribution in [0, 0.1) is 0 Å². The minimum atomic E-state index is -0.490. The monoisotopic (exact) mass is 375 g/mol. The fourth-order valence-corrected chi connectivity index (χ4v) is 3.16. The van der Waals surface area contributed by atoms with Crippen molar-refractivity contribution in [3.05, 3.63) is 40.1 Å². The maximum atomic E-state index is 12.2. The summed E-state index contributed by atoms with van der Waals surface area (Å²) in [5, 5.41) is 4.37. The van der Waals surface area contributed by atoms with Crippen molar-refractivity contribution in [1.29, 1.82) is 0 Å². The molecule has 0 radical (unpaired) electrons. The number of ether oxygens (including phenoxy) is 4. The molecule has 1 aliphatic heterocycles. The summed E-state index contributed by atoms with van der Waals surface area (Å²) in [5.74, 6) is 0.800. The number of thiophene rings is 1. The predicted octanol–water partition coefficient (Wildman–Crippen LogP) is 2.97. The highest BCUT2D eigenvalue weighted by molar-refractivity contribution is 7.12. The van der Waals surface area contributed by atoms with Crippen LogP contribution in [0.5, 0.6) is 17.2 Å². The molecule has 1 aromatic carbocycles. The summed E-state index contributed by atoms with van der Waals surface area (Å²) in [6.45, 7) is 0.919. The fourth-order valence-electron chi connectivity index (χ4n) is 2.39. The van der Waals surface area contributed by atoms with Gasteiger partial charge >= 0.3 is 5.97 Å². The number of rotatable bonds is 5. The third-order valence-electron chi connectivity index (χ3n) is 3.57. The van der Waals surface area contributed by atoms with Crippen LogP contribution in [0.25, 0.3) is 6.08 Å². The number of carbonyl (C=O) groups is 2. The number of hydrogen-bond acceptors (Lipinski definition) is 7. The lowest BCUT2D eigenvalue weighted by Crippen LogP contribution is -2.16. The van der Waals surface area contributed by atoms with E-state index in [4.69, 9.17) is 14.2 Å². The molecular weight excluding hydrogens is 358 g/mol. The van der Waals surface area contributed by atoms with Crippen LogP contribution < -0.4 is 19.5 Å². The van der Waals surface area contributed by atoms with Crippen molar-refractivity contribution >= 4 is 35.0 Å². The summed E-state index contributed by atoms with van der Waals surface area (Å²) in [6, 6.07) is 5.17. The number of carbonyl (C=O) groups excluding carboxylic acids is 2. The first-order valence-electron chi connectivity index (χ1n) is 7.75. The second-order valence-corrected chi connectivity index (χ2v) is 6.14. The zero-order valence-electron chi connectivity index (χ0n) is 14.2. The number of nitrogens with one attached hydrogen (secondary N) is 1. The Bertz CT molecular complexity index is 840. The Balaban J connectivity index is 1.75. The number of methoxy groups -OCH3 is 2. The molecule has 2 aromatic rings. The Hall–Kier alpha value is -3.00. The lowest BCUT2D eigenvalue weighted by Gasteiger charge is -2.20. The van der Waals surface area contributed by atoms with Gasteiger partial charge in [-0.1, -0.05) is 0 Å². The van der Waals surface area contributed by atoms with Crippen LogP contribution in [0.2, 0.25) is 0 Å². The Morgan fingerprint density at radius 1 is 1.23 bits per heavy atom. The molecular formula is C18H17NO6S. The summed E-state index contributed by atoms with van der Waals surface area (Å²) >= 11 is 1.20. The Kier molecular flexibility index (Phi) is 5.43. The summed E-state index contributed by atoms with van der Waals surface area (Å²) in [6.07, 6.45) is 2.99. The number of hydrogen-bond donors (Lipinski definition) is 1. The van der Waals surface area contributed by atoms with E-state index in [0.717, 1.165) is 5.56 Å². The Morgan fingerprint density at radius 3 is 2.81 bits per heavy atom. The molecule has 0 saturated carbocycles. The molecule has 0 spiro atoms. The van der Waals surface area contributed by atoms with Crippen LogP contribution in [0.3, 0.4) is 0 Å². The van der Waals surface area contributed by atoms with E-state index >= 15 is 0 Å². The second kappa shape index (κ2) is 7.92. The van der Waals surface area contributed by atoms with Crippen LogP contribution in [-0.2, 0) is 9.53 Å². The molecule has 0 saturated heterocycles. The zero-order valence-corrected chi connectivity index (χ0v) is 15.1. The number of fused-ring (bicyclic) bond motifs is 1. The van der Waals surface area contributed by atoms with Gasteiger partial charge in [-0.15, -0.1) is 11.3 Å². The van der Waals surface area contributed by atoms with Gasteiger partial charge in [-0.25, -0.2) is 4.79 Å². The summed E-state index contributed by atoms with van der Waals surface area (Å²) in [7, 11) is 2.83. The lowest BCUT2D eigenvalue weighted by molar-refractivity contribution is -0.111. The number of amides is 1. The largest absolute Gasteiger partial charge is 0.493 e. The van der Waals surface area contributed by atoms with Gasteiger partial charge in [-0.05, 0) is 35.2 Å². The lowest BCUT2D eigenvalue weighted by atomic mass is 10.1. The average molecular weight is 375 g/mol. The molecule has 2 heterocycles. The summed E-state index contributed by atoms with van der Waals surface area (Å²) < 4.78 is 21.1. The third kappa shape index (κ3) is 3.80. The quantitative estimate of drug-likeness (QED) is 0.639. The Labute approximate surface area is 154 Å². The molecule has 0 bridgehead atoms. The first-order chi connectivity index (χ1) is 12.6. The smallest absolute Gasteiger partial charge is 0.350 e. The van der Waals surface area contributed by atoms with Gasteiger partial charge in [0.25, 0.3) is 0 Å². The second-order valence-electron chi connectivity index (χ2n) is 5.22. The van der Waals surface area contributed by atoms with Crippen molar-refractivity contribution in [3.8, 4) is 17.2 Å². The minimum Gasteiger partial charge on any atom is -0.493 e. The van der Waals surface area contributed by atoms with Crippen molar-refractivity contribution in [2.24, 2.45) is 0 Å². The highest BCUT2D eigenvalue weighted by Crippen LogP contribution is 2.40. The van der Waals surface area contributed by atoms with Gasteiger partial charge in [-0.3, -0.25) is 4.79 Å². The number of benzene rings is 1. The van der Waals surface area contributed by atoms with Crippen molar-refractivity contribution in [3.63, 3.8) is 0 Å². The van der Waals surface area contributed by atoms with Crippen LogP contribution >= 0.6 is 11.3 Å². The normalized spacial score (nSPS) is 12.7. The van der Waals surface area contributed by atoms with Gasteiger partial charge in [0.1, 0.15) is 18.1 Å². The molecule has 8 heteroatoms. The highest BCUT2D eigenvalue weighted by atomic mass is 32.1. The standard InChI is InChI=1S/C18H17NO6S/c1-22-13-9-11(10-14-16(13)25-7-6-24-14)3-4-15(20)19-12-5-8-26-17(12)18(21)23-2/h3-5,8-10H,6-7H2,1-2H3,(H,19,20)/b4-3+. The molecule has 0 unspecified atom stereocenters. The first kappa shape index (κ1) is 17.8. The third-order valence-corrected chi connectivity index (χ3v) is 4.47. The summed E-state index contributed by atoms with van der Waals surface area (Å²) in [4.78, 5) is 24.1. The predicted molar refractivity (Wildman–Crippen MR) is 97.3 cm³/mol. The van der Waals surface area contributed by atoms with Crippen LogP contribution in [0.15, 0.2) is 29.7 Å². The van der Waals surface area contributed by atoms with E-state index in [-0.39, 0.29) is 5.91 Å². The maximum absolute atomic E-state index is 12.2. The van der Waals surface area contributed by atoms with Crippen molar-refractivity contribution in [2.75, 3.05) is 32.8 Å². The molecule has 3 rings (SSSR count). The van der Waals surface area contributed by atoms with Crippen molar-refractivity contribution in [2.45, 2.75) is 0 Å². The van der Waals surface area contributed by atoms with Gasteiger partial charge in [0.15, 0.2) is 11.5 Å². The first-order valence-corrected chi connectivity index (χ1v) is 8.63. The Morgan fingerprint density at radius 2 is 2.04 bits per heavy atom. The fraction of sp³-hybridized carbons (Fsp3) is 0.222. The topological polar surface area (TPSA) is 83.1 Å². The van der Waals surface area contributed by atoms with E-state index in [1.54, 1.807) is 36.8 Å². The number of esters is 1. The molecule has 7 nitrogen and oxygen atoms in total. The van der Waals surface area contributed by atoms with Crippen LogP contribution in [0.1, 0.15) is 15.2 Å². The molecule has 26 heavy (non-hydrogen) atoms. The summed E-state index contributed by atoms with van der Waals surface area (Å²) in [5.41, 5.74) is 1.14. The van der Waals surface area contributed by atoms with Crippen molar-refractivity contribution < 1.29 is 28.5 Å². The van der Waals surface area contributed by atoms with Gasteiger partial charge in [-0.2, -0.15) is 0 Å². The SMILES string of the molecule is COC(=O)c1sccc1NC(=O)/C=C/c1cc(OC)c2c(c1)OCCO2. The van der Waals surface area contributed by atoms with Gasteiger partial charge in [0.2, 0.25) is 11.7 Å². The molecule has 1 aromatic heterocycles. The van der Waals surface area contributed by atoms with Gasteiger partial charge < -0.3 is 24.3 Å². The van der Waals surface area contributed by atoms with Crippen molar-refractivity contribution in [1.82, 2.24) is 0 Å². The van der Waals surface area contributed by atoms with E-state index in [1.165, 1.54) is 24.5 Å². The zero-order chi connectivity index (χ0) is 18.5. The van der Waals surface area contributed by atoms with Crippen LogP contribution in [-0.4, -0.2) is 39.3 Å². The van der Waals surface area contributed by atoms with Gasteiger partial charge in [0, 0.05) is 6.08 Å². The van der Waals surface area contributed by atoms with Crippen LogP contribution in [0.4, 0.5) is 5.69 Å². The molecule has 1 N–H and O–H groups in total.